The molecule has 1 saturated heterocycles. The minimum Gasteiger partial charge on any atom is -0.376 e. The van der Waals surface area contributed by atoms with E-state index in [1.165, 1.54) is 12.1 Å². The van der Waals surface area contributed by atoms with Crippen LogP contribution in [0.25, 0.3) is 5.69 Å². The van der Waals surface area contributed by atoms with E-state index in [1.807, 2.05) is 6.92 Å². The summed E-state index contributed by atoms with van der Waals surface area (Å²) in [5.74, 6) is -0.426. The number of fused-ring (bicyclic) bond motifs is 1. The average Bonchev–Trinajstić information content (AvgIpc) is 3.31. The molecule has 1 amide bonds. The van der Waals surface area contributed by atoms with E-state index in [1.54, 1.807) is 16.8 Å². The highest BCUT2D eigenvalue weighted by Gasteiger charge is 2.29. The second-order valence-electron chi connectivity index (χ2n) is 7.18. The Balaban J connectivity index is 1.63. The molecule has 1 N–H and O–H groups in total. The molecule has 0 radical (unpaired) electrons. The maximum atomic E-state index is 13.3. The molecule has 1 aromatic carbocycles. The van der Waals surface area contributed by atoms with E-state index < -0.39 is 0 Å². The van der Waals surface area contributed by atoms with Crippen LogP contribution in [0, 0.1) is 5.82 Å². The van der Waals surface area contributed by atoms with E-state index in [-0.39, 0.29) is 23.9 Å². The van der Waals surface area contributed by atoms with Gasteiger partial charge in [-0.2, -0.15) is 5.10 Å². The lowest BCUT2D eigenvalue weighted by Crippen LogP contribution is -2.41. The first-order valence-electron chi connectivity index (χ1n) is 9.42. The first-order valence-corrected chi connectivity index (χ1v) is 9.42. The molecule has 1 aromatic heterocycles. The number of amides is 1. The summed E-state index contributed by atoms with van der Waals surface area (Å²) in [4.78, 5) is 12.9. The molecule has 0 saturated carbocycles. The van der Waals surface area contributed by atoms with Gasteiger partial charge in [-0.05, 0) is 69.7 Å². The van der Waals surface area contributed by atoms with Gasteiger partial charge in [0.2, 0.25) is 0 Å². The van der Waals surface area contributed by atoms with E-state index in [0.29, 0.717) is 5.69 Å². The number of carbonyl (C=O) groups is 1. The van der Waals surface area contributed by atoms with E-state index in [0.717, 1.165) is 62.1 Å². The van der Waals surface area contributed by atoms with Crippen molar-refractivity contribution in [2.75, 3.05) is 6.61 Å². The van der Waals surface area contributed by atoms with Crippen LogP contribution in [0.3, 0.4) is 0 Å². The number of aromatic nitrogens is 2. The van der Waals surface area contributed by atoms with Gasteiger partial charge in [-0.15, -0.1) is 0 Å². The largest absolute Gasteiger partial charge is 0.376 e. The molecule has 2 atom stereocenters. The van der Waals surface area contributed by atoms with Crippen LogP contribution in [-0.2, 0) is 17.6 Å². The zero-order valence-corrected chi connectivity index (χ0v) is 15.0. The third-order valence-electron chi connectivity index (χ3n) is 5.35. The van der Waals surface area contributed by atoms with Crippen LogP contribution in [0.2, 0.25) is 0 Å². The van der Waals surface area contributed by atoms with Gasteiger partial charge in [-0.25, -0.2) is 9.07 Å². The Morgan fingerprint density at radius 1 is 1.27 bits per heavy atom. The van der Waals surface area contributed by atoms with Crippen LogP contribution >= 0.6 is 0 Å². The summed E-state index contributed by atoms with van der Waals surface area (Å²) < 4.78 is 20.7. The predicted molar refractivity (Wildman–Crippen MR) is 96.1 cm³/mol. The molecule has 2 heterocycles. The second-order valence-corrected chi connectivity index (χ2v) is 7.18. The van der Waals surface area contributed by atoms with Crippen molar-refractivity contribution in [2.24, 2.45) is 0 Å². The molecule has 1 aliphatic heterocycles. The Morgan fingerprint density at radius 3 is 2.77 bits per heavy atom. The van der Waals surface area contributed by atoms with Crippen molar-refractivity contribution in [1.29, 1.82) is 0 Å². The quantitative estimate of drug-likeness (QED) is 0.914. The van der Waals surface area contributed by atoms with E-state index in [4.69, 9.17) is 4.74 Å². The summed E-state index contributed by atoms with van der Waals surface area (Å²) in [6.45, 7) is 2.75. The van der Waals surface area contributed by atoms with E-state index in [2.05, 4.69) is 10.4 Å². The first kappa shape index (κ1) is 17.2. The van der Waals surface area contributed by atoms with Crippen LogP contribution < -0.4 is 5.32 Å². The zero-order valence-electron chi connectivity index (χ0n) is 15.0. The van der Waals surface area contributed by atoms with E-state index in [9.17, 15) is 9.18 Å². The molecule has 0 spiro atoms. The standard InChI is InChI=1S/C20H24FN3O2/c1-13(18-7-4-12-26-18)22-20(25)19-16-5-2-3-6-17(16)24(23-19)15-10-8-14(21)9-11-15/h8-11,13,18H,2-7,12H2,1H3,(H,22,25). The molecule has 26 heavy (non-hydrogen) atoms. The summed E-state index contributed by atoms with van der Waals surface area (Å²) >= 11 is 0. The number of hydrogen-bond donors (Lipinski definition) is 1. The minimum absolute atomic E-state index is 0.0415. The molecular weight excluding hydrogens is 333 g/mol. The third kappa shape index (κ3) is 3.26. The van der Waals surface area contributed by atoms with Gasteiger partial charge in [0.05, 0.1) is 17.8 Å². The van der Waals surface area contributed by atoms with Crippen LogP contribution in [-0.4, -0.2) is 34.4 Å². The fourth-order valence-electron chi connectivity index (χ4n) is 3.94. The molecule has 2 aromatic rings. The maximum Gasteiger partial charge on any atom is 0.272 e. The summed E-state index contributed by atoms with van der Waals surface area (Å²) in [7, 11) is 0. The van der Waals surface area contributed by atoms with Gasteiger partial charge in [0, 0.05) is 17.9 Å². The van der Waals surface area contributed by atoms with Gasteiger partial charge < -0.3 is 10.1 Å². The summed E-state index contributed by atoms with van der Waals surface area (Å²) in [5, 5.41) is 7.68. The molecule has 2 aliphatic rings. The highest BCUT2D eigenvalue weighted by atomic mass is 19.1. The Bertz CT molecular complexity index is 794. The summed E-state index contributed by atoms with van der Waals surface area (Å²) in [6, 6.07) is 6.21. The second kappa shape index (κ2) is 7.19. The Hall–Kier alpha value is -2.21. The predicted octanol–water partition coefficient (Wildman–Crippen LogP) is 3.19. The molecule has 4 rings (SSSR count). The number of nitrogens with one attached hydrogen (secondary N) is 1. The highest BCUT2D eigenvalue weighted by Crippen LogP contribution is 2.27. The lowest BCUT2D eigenvalue weighted by molar-refractivity contribution is 0.0708. The monoisotopic (exact) mass is 357 g/mol. The van der Waals surface area contributed by atoms with Crippen molar-refractivity contribution in [3.63, 3.8) is 0 Å². The maximum absolute atomic E-state index is 13.3. The molecule has 0 bridgehead atoms. The number of halogens is 1. The van der Waals surface area contributed by atoms with Gasteiger partial charge in [0.1, 0.15) is 5.82 Å². The molecule has 6 heteroatoms. The molecule has 1 fully saturated rings. The smallest absolute Gasteiger partial charge is 0.272 e. The zero-order chi connectivity index (χ0) is 18.1. The number of benzene rings is 1. The van der Waals surface area contributed by atoms with Gasteiger partial charge >= 0.3 is 0 Å². The topological polar surface area (TPSA) is 56.2 Å². The average molecular weight is 357 g/mol. The first-order chi connectivity index (χ1) is 12.6. The normalized spacial score (nSPS) is 20.6. The Labute approximate surface area is 152 Å². The van der Waals surface area contributed by atoms with Gasteiger partial charge in [-0.3, -0.25) is 4.79 Å². The molecular formula is C20H24FN3O2. The number of ether oxygens (including phenoxy) is 1. The summed E-state index contributed by atoms with van der Waals surface area (Å²) in [6.07, 6.45) is 5.97. The minimum atomic E-state index is -0.280. The van der Waals surface area contributed by atoms with Crippen LogP contribution in [0.15, 0.2) is 24.3 Å². The van der Waals surface area contributed by atoms with Gasteiger partial charge in [0.15, 0.2) is 5.69 Å². The van der Waals surface area contributed by atoms with Crippen LogP contribution in [0.1, 0.15) is 54.4 Å². The highest BCUT2D eigenvalue weighted by molar-refractivity contribution is 5.94. The number of hydrogen-bond acceptors (Lipinski definition) is 3. The van der Waals surface area contributed by atoms with Crippen molar-refractivity contribution in [3.8, 4) is 5.69 Å². The van der Waals surface area contributed by atoms with E-state index >= 15 is 0 Å². The number of nitrogens with zero attached hydrogens (tertiary/aromatic N) is 2. The number of carbonyl (C=O) groups excluding carboxylic acids is 1. The Kier molecular flexibility index (Phi) is 4.76. The van der Waals surface area contributed by atoms with Crippen molar-refractivity contribution >= 4 is 5.91 Å². The fourth-order valence-corrected chi connectivity index (χ4v) is 3.94. The Morgan fingerprint density at radius 2 is 2.04 bits per heavy atom. The summed E-state index contributed by atoms with van der Waals surface area (Å²) in [5.41, 5.74) is 3.38. The SMILES string of the molecule is CC(NC(=O)c1nn(-c2ccc(F)cc2)c2c1CCCC2)C1CCCO1. The van der Waals surface area contributed by atoms with Crippen LogP contribution in [0.4, 0.5) is 4.39 Å². The lowest BCUT2D eigenvalue weighted by atomic mass is 9.95. The van der Waals surface area contributed by atoms with Gasteiger partial charge in [-0.1, -0.05) is 0 Å². The molecule has 2 unspecified atom stereocenters. The fraction of sp³-hybridized carbons (Fsp3) is 0.500. The number of rotatable bonds is 4. The van der Waals surface area contributed by atoms with Crippen molar-refractivity contribution < 1.29 is 13.9 Å². The van der Waals surface area contributed by atoms with Crippen molar-refractivity contribution in [3.05, 3.63) is 47.0 Å². The lowest BCUT2D eigenvalue weighted by Gasteiger charge is -2.20. The van der Waals surface area contributed by atoms with Gasteiger partial charge in [0.25, 0.3) is 5.91 Å². The third-order valence-corrected chi connectivity index (χ3v) is 5.35. The van der Waals surface area contributed by atoms with Crippen molar-refractivity contribution in [2.45, 2.75) is 57.6 Å². The van der Waals surface area contributed by atoms with Crippen LogP contribution in [0.5, 0.6) is 0 Å². The van der Waals surface area contributed by atoms with Crippen molar-refractivity contribution in [1.82, 2.24) is 15.1 Å². The molecule has 1 aliphatic carbocycles. The molecule has 5 nitrogen and oxygen atoms in total. The molecule has 138 valence electrons.